The number of hydrogen-bond donors (Lipinski definition) is 1. The number of carboxylic acids is 1. The van der Waals surface area contributed by atoms with Gasteiger partial charge in [0.05, 0.1) is 5.56 Å². The van der Waals surface area contributed by atoms with E-state index >= 15 is 0 Å². The van der Waals surface area contributed by atoms with Gasteiger partial charge < -0.3 is 5.11 Å². The predicted octanol–water partition coefficient (Wildman–Crippen LogP) is 4.75. The molecule has 0 unspecified atom stereocenters. The van der Waals surface area contributed by atoms with Crippen LogP contribution in [-0.2, 0) is 5.75 Å². The second-order valence-corrected chi connectivity index (χ2v) is 6.07. The minimum absolute atomic E-state index is 0.333. The van der Waals surface area contributed by atoms with Crippen LogP contribution in [0.25, 0.3) is 0 Å². The molecule has 0 aliphatic carbocycles. The molecule has 0 aliphatic rings. The Balaban J connectivity index is 2.20. The van der Waals surface area contributed by atoms with Crippen molar-refractivity contribution in [3.05, 3.63) is 63.6 Å². The number of carboxylic acid groups (broad SMARTS) is 1. The van der Waals surface area contributed by atoms with Crippen LogP contribution in [0, 0.1) is 6.92 Å². The lowest BCUT2D eigenvalue weighted by Gasteiger charge is -2.08. The van der Waals surface area contributed by atoms with Crippen molar-refractivity contribution in [2.45, 2.75) is 17.6 Å². The topological polar surface area (TPSA) is 37.3 Å². The summed E-state index contributed by atoms with van der Waals surface area (Å²) in [5, 5.41) is 9.24. The van der Waals surface area contributed by atoms with Crippen LogP contribution in [0.5, 0.6) is 0 Å². The summed E-state index contributed by atoms with van der Waals surface area (Å²) in [6, 6.07) is 13.7. The molecule has 1 N–H and O–H groups in total. The summed E-state index contributed by atoms with van der Waals surface area (Å²) in [5.74, 6) is -0.141. The van der Waals surface area contributed by atoms with Crippen molar-refractivity contribution in [1.29, 1.82) is 0 Å². The van der Waals surface area contributed by atoms with Crippen LogP contribution in [0.2, 0.25) is 0 Å². The van der Waals surface area contributed by atoms with Gasteiger partial charge in [0.2, 0.25) is 0 Å². The molecule has 0 aliphatic heterocycles. The van der Waals surface area contributed by atoms with Gasteiger partial charge >= 0.3 is 5.97 Å². The molecule has 2 rings (SSSR count). The Morgan fingerprint density at radius 1 is 1.26 bits per heavy atom. The van der Waals surface area contributed by atoms with Gasteiger partial charge in [0, 0.05) is 15.1 Å². The molecule has 2 aromatic carbocycles. The van der Waals surface area contributed by atoms with Crippen molar-refractivity contribution in [3.63, 3.8) is 0 Å². The molecule has 0 fully saturated rings. The van der Waals surface area contributed by atoms with Crippen LogP contribution in [0.1, 0.15) is 21.5 Å². The molecule has 98 valence electrons. The summed E-state index contributed by atoms with van der Waals surface area (Å²) in [6.07, 6.45) is 0. The van der Waals surface area contributed by atoms with E-state index in [0.29, 0.717) is 10.0 Å². The van der Waals surface area contributed by atoms with Crippen molar-refractivity contribution in [2.75, 3.05) is 0 Å². The van der Waals surface area contributed by atoms with Crippen LogP contribution >= 0.6 is 27.7 Å². The van der Waals surface area contributed by atoms with Gasteiger partial charge in [-0.1, -0.05) is 35.9 Å². The number of rotatable bonds is 4. The number of hydrogen-bond acceptors (Lipinski definition) is 2. The third kappa shape index (κ3) is 3.61. The largest absolute Gasteiger partial charge is 0.478 e. The van der Waals surface area contributed by atoms with Crippen molar-refractivity contribution in [1.82, 2.24) is 0 Å². The molecule has 0 saturated carbocycles. The highest BCUT2D eigenvalue weighted by atomic mass is 79.9. The zero-order valence-corrected chi connectivity index (χ0v) is 12.8. The Morgan fingerprint density at radius 2 is 2.00 bits per heavy atom. The fourth-order valence-electron chi connectivity index (χ4n) is 1.80. The maximum atomic E-state index is 11.3. The summed E-state index contributed by atoms with van der Waals surface area (Å²) in [5.41, 5.74) is 2.74. The van der Waals surface area contributed by atoms with Crippen molar-refractivity contribution >= 4 is 33.7 Å². The highest BCUT2D eigenvalue weighted by Gasteiger charge is 2.14. The predicted molar refractivity (Wildman–Crippen MR) is 81.8 cm³/mol. The van der Waals surface area contributed by atoms with E-state index in [1.54, 1.807) is 17.8 Å². The average molecular weight is 337 g/mol. The molecule has 0 spiro atoms. The quantitative estimate of drug-likeness (QED) is 0.818. The fourth-order valence-corrected chi connectivity index (χ4v) is 3.48. The molecular weight excluding hydrogens is 324 g/mol. The third-order valence-corrected chi connectivity index (χ3v) is 4.46. The number of thioether (sulfide) groups is 1. The highest BCUT2D eigenvalue weighted by molar-refractivity contribution is 9.10. The van der Waals surface area contributed by atoms with Gasteiger partial charge in [0.1, 0.15) is 0 Å². The standard InChI is InChI=1S/C15H13BrO2S/c1-10-4-2-5-11(8-10)9-19-13-7-3-6-12(16)14(13)15(17)18/h2-8H,9H2,1H3,(H,17,18). The first-order chi connectivity index (χ1) is 9.08. The van der Waals surface area contributed by atoms with Crippen molar-refractivity contribution in [2.24, 2.45) is 0 Å². The van der Waals surface area contributed by atoms with Gasteiger partial charge in [-0.15, -0.1) is 11.8 Å². The Bertz CT molecular complexity index is 611. The van der Waals surface area contributed by atoms with E-state index in [0.717, 1.165) is 10.6 Å². The number of carbonyl (C=O) groups is 1. The summed E-state index contributed by atoms with van der Waals surface area (Å²) >= 11 is 4.83. The number of benzene rings is 2. The zero-order chi connectivity index (χ0) is 13.8. The van der Waals surface area contributed by atoms with Crippen LogP contribution < -0.4 is 0 Å². The molecule has 0 aromatic heterocycles. The van der Waals surface area contributed by atoms with Crippen molar-refractivity contribution in [3.8, 4) is 0 Å². The van der Waals surface area contributed by atoms with Gasteiger partial charge in [-0.25, -0.2) is 4.79 Å². The lowest BCUT2D eigenvalue weighted by Crippen LogP contribution is -2.00. The molecule has 0 bridgehead atoms. The van der Waals surface area contributed by atoms with Crippen LogP contribution in [0.3, 0.4) is 0 Å². The minimum Gasteiger partial charge on any atom is -0.478 e. The smallest absolute Gasteiger partial charge is 0.337 e. The monoisotopic (exact) mass is 336 g/mol. The van der Waals surface area contributed by atoms with Crippen LogP contribution in [0.15, 0.2) is 51.8 Å². The van der Waals surface area contributed by atoms with Crippen LogP contribution in [-0.4, -0.2) is 11.1 Å². The second kappa shape index (κ2) is 6.26. The summed E-state index contributed by atoms with van der Waals surface area (Å²) in [4.78, 5) is 12.0. The maximum Gasteiger partial charge on any atom is 0.337 e. The summed E-state index contributed by atoms with van der Waals surface area (Å²) in [6.45, 7) is 2.05. The minimum atomic E-state index is -0.904. The lowest BCUT2D eigenvalue weighted by molar-refractivity contribution is 0.0692. The highest BCUT2D eigenvalue weighted by Crippen LogP contribution is 2.31. The van der Waals surface area contributed by atoms with E-state index in [9.17, 15) is 9.90 Å². The molecule has 4 heteroatoms. The Hall–Kier alpha value is -1.26. The van der Waals surface area contributed by atoms with Gasteiger partial charge in [-0.3, -0.25) is 0 Å². The first kappa shape index (κ1) is 14.2. The number of aryl methyl sites for hydroxylation is 1. The van der Waals surface area contributed by atoms with E-state index < -0.39 is 5.97 Å². The van der Waals surface area contributed by atoms with Gasteiger partial charge in [-0.05, 0) is 40.5 Å². The van der Waals surface area contributed by atoms with E-state index in [-0.39, 0.29) is 0 Å². The first-order valence-electron chi connectivity index (χ1n) is 5.78. The third-order valence-electron chi connectivity index (χ3n) is 2.67. The molecule has 0 saturated heterocycles. The van der Waals surface area contributed by atoms with E-state index in [1.165, 1.54) is 11.1 Å². The molecule has 0 heterocycles. The molecule has 2 aromatic rings. The molecular formula is C15H13BrO2S. The molecule has 0 amide bonds. The van der Waals surface area contributed by atoms with Gasteiger partial charge in [-0.2, -0.15) is 0 Å². The summed E-state index contributed by atoms with van der Waals surface area (Å²) < 4.78 is 0.620. The normalized spacial score (nSPS) is 10.4. The lowest BCUT2D eigenvalue weighted by atomic mass is 10.2. The number of halogens is 1. The summed E-state index contributed by atoms with van der Waals surface area (Å²) in [7, 11) is 0. The van der Waals surface area contributed by atoms with E-state index in [2.05, 4.69) is 41.1 Å². The van der Waals surface area contributed by atoms with E-state index in [1.807, 2.05) is 18.2 Å². The molecule has 2 nitrogen and oxygen atoms in total. The number of aromatic carboxylic acids is 1. The Morgan fingerprint density at radius 3 is 2.68 bits per heavy atom. The van der Waals surface area contributed by atoms with Gasteiger partial charge in [0.25, 0.3) is 0 Å². The zero-order valence-electron chi connectivity index (χ0n) is 10.4. The first-order valence-corrected chi connectivity index (χ1v) is 7.56. The maximum absolute atomic E-state index is 11.3. The van der Waals surface area contributed by atoms with Crippen molar-refractivity contribution < 1.29 is 9.90 Å². The molecule has 0 radical (unpaired) electrons. The van der Waals surface area contributed by atoms with E-state index in [4.69, 9.17) is 0 Å². The SMILES string of the molecule is Cc1cccc(CSc2cccc(Br)c2C(=O)O)c1. The fraction of sp³-hybridized carbons (Fsp3) is 0.133. The Labute approximate surface area is 125 Å². The Kier molecular flexibility index (Phi) is 4.66. The second-order valence-electron chi connectivity index (χ2n) is 4.20. The van der Waals surface area contributed by atoms with Crippen LogP contribution in [0.4, 0.5) is 0 Å². The molecule has 0 atom stereocenters. The van der Waals surface area contributed by atoms with Gasteiger partial charge in [0.15, 0.2) is 0 Å². The molecule has 19 heavy (non-hydrogen) atoms. The average Bonchev–Trinajstić information content (AvgIpc) is 2.36.